The normalized spacial score (nSPS) is 19.2. The molecule has 29 heavy (non-hydrogen) atoms. The van der Waals surface area contributed by atoms with Crippen LogP contribution in [0, 0.1) is 0 Å². The molecule has 1 heterocycles. The highest BCUT2D eigenvalue weighted by Gasteiger charge is 2.57. The van der Waals surface area contributed by atoms with Crippen molar-refractivity contribution >= 4 is 11.6 Å². The molecule has 1 aliphatic heterocycles. The summed E-state index contributed by atoms with van der Waals surface area (Å²) in [6, 6.07) is 12.3. The average molecular weight is 405 g/mol. The second-order valence-corrected chi connectivity index (χ2v) is 7.07. The van der Waals surface area contributed by atoms with E-state index >= 15 is 0 Å². The molecule has 0 bridgehead atoms. The average Bonchev–Trinajstić information content (AvgIpc) is 2.74. The van der Waals surface area contributed by atoms with E-state index < -0.39 is 11.7 Å². The summed E-state index contributed by atoms with van der Waals surface area (Å²) in [5.41, 5.74) is -2.12. The fraction of sp³-hybridized carbons (Fsp3) is 0.409. The number of methoxy groups -OCH3 is 1. The highest BCUT2D eigenvalue weighted by Crippen LogP contribution is 2.55. The molecule has 1 atom stereocenters. The SMILES string of the molecule is CC[N+](CC)(CC)C1=Nc2ccccc2C(c2ccc(OC)cc2)(C(F)(F)F)[N-]1. The summed E-state index contributed by atoms with van der Waals surface area (Å²) in [6.07, 6.45) is -4.65. The van der Waals surface area contributed by atoms with Gasteiger partial charge in [0.2, 0.25) is 0 Å². The van der Waals surface area contributed by atoms with Crippen molar-refractivity contribution in [2.45, 2.75) is 32.5 Å². The van der Waals surface area contributed by atoms with E-state index in [-0.39, 0.29) is 21.6 Å². The molecule has 0 spiro atoms. The Balaban J connectivity index is 2.32. The lowest BCUT2D eigenvalue weighted by Crippen LogP contribution is -2.56. The molecule has 1 aliphatic rings. The van der Waals surface area contributed by atoms with Gasteiger partial charge in [-0.15, -0.1) is 0 Å². The van der Waals surface area contributed by atoms with Gasteiger partial charge in [-0.05, 0) is 49.7 Å². The first kappa shape index (κ1) is 21.2. The minimum atomic E-state index is -4.65. The molecule has 0 aromatic heterocycles. The third-order valence-corrected chi connectivity index (χ3v) is 5.94. The number of quaternary nitrogens is 1. The maximum atomic E-state index is 14.8. The number of para-hydroxylation sites is 1. The van der Waals surface area contributed by atoms with Crippen LogP contribution < -0.4 is 4.74 Å². The molecule has 0 N–H and O–H groups in total. The van der Waals surface area contributed by atoms with Crippen LogP contribution in [0.5, 0.6) is 5.75 Å². The Morgan fingerprint density at radius 3 is 2.07 bits per heavy atom. The van der Waals surface area contributed by atoms with Gasteiger partial charge in [-0.25, -0.2) is 0 Å². The standard InChI is InChI=1S/C22H26F3N3O/c1-5-28(6-2,7-3)20-26-19-11-9-8-10-18(19)21(27-20,22(23,24)25)16-12-14-17(29-4)15-13-16/h8-15H,5-7H2,1-4H3. The van der Waals surface area contributed by atoms with Crippen molar-refractivity contribution in [2.75, 3.05) is 26.7 Å². The number of halogens is 3. The summed E-state index contributed by atoms with van der Waals surface area (Å²) in [7, 11) is 1.48. The van der Waals surface area contributed by atoms with Crippen molar-refractivity contribution in [3.05, 3.63) is 65.0 Å². The van der Waals surface area contributed by atoms with Gasteiger partial charge in [-0.1, -0.05) is 36.4 Å². The van der Waals surface area contributed by atoms with Crippen molar-refractivity contribution in [3.8, 4) is 5.75 Å². The van der Waals surface area contributed by atoms with Gasteiger partial charge in [0.15, 0.2) is 0 Å². The van der Waals surface area contributed by atoms with E-state index in [0.29, 0.717) is 31.1 Å². The number of hydrogen-bond acceptors (Lipinski definition) is 2. The lowest BCUT2D eigenvalue weighted by atomic mass is 9.80. The van der Waals surface area contributed by atoms with Gasteiger partial charge >= 0.3 is 6.18 Å². The highest BCUT2D eigenvalue weighted by atomic mass is 19.4. The summed E-state index contributed by atoms with van der Waals surface area (Å²) in [5, 5.41) is 4.39. The van der Waals surface area contributed by atoms with E-state index in [2.05, 4.69) is 10.3 Å². The predicted molar refractivity (Wildman–Crippen MR) is 109 cm³/mol. The molecule has 0 radical (unpaired) electrons. The molecule has 0 aliphatic carbocycles. The van der Waals surface area contributed by atoms with Crippen LogP contribution in [-0.4, -0.2) is 43.4 Å². The van der Waals surface area contributed by atoms with Crippen LogP contribution in [0.3, 0.4) is 0 Å². The maximum absolute atomic E-state index is 14.8. The number of guanidine groups is 1. The first-order valence-corrected chi connectivity index (χ1v) is 9.77. The summed E-state index contributed by atoms with van der Waals surface area (Å²) >= 11 is 0. The van der Waals surface area contributed by atoms with E-state index in [0.717, 1.165) is 0 Å². The molecule has 2 aromatic rings. The Bertz CT molecular complexity index is 881. The van der Waals surface area contributed by atoms with Gasteiger partial charge in [0.25, 0.3) is 0 Å². The van der Waals surface area contributed by atoms with Crippen LogP contribution in [0.2, 0.25) is 0 Å². The van der Waals surface area contributed by atoms with Crippen LogP contribution in [0.1, 0.15) is 31.9 Å². The fourth-order valence-corrected chi connectivity index (χ4v) is 3.96. The van der Waals surface area contributed by atoms with Crippen molar-refractivity contribution in [1.29, 1.82) is 0 Å². The van der Waals surface area contributed by atoms with Crippen molar-refractivity contribution < 1.29 is 22.4 Å². The number of alkyl halides is 3. The maximum Gasteiger partial charge on any atom is 0.402 e. The summed E-state index contributed by atoms with van der Waals surface area (Å²) in [6.45, 7) is 7.67. The number of benzene rings is 2. The van der Waals surface area contributed by atoms with E-state index in [1.807, 2.05) is 20.8 Å². The topological polar surface area (TPSA) is 35.7 Å². The number of rotatable bonds is 5. The molecular weight excluding hydrogens is 379 g/mol. The van der Waals surface area contributed by atoms with Gasteiger partial charge in [0, 0.05) is 0 Å². The molecule has 7 heteroatoms. The molecule has 0 saturated heterocycles. The minimum absolute atomic E-state index is 0.0443. The molecule has 2 aromatic carbocycles. The second kappa shape index (κ2) is 7.71. The predicted octanol–water partition coefficient (Wildman–Crippen LogP) is 5.75. The number of aliphatic imine (C=N–C) groups is 1. The highest BCUT2D eigenvalue weighted by molar-refractivity contribution is 5.95. The van der Waals surface area contributed by atoms with Gasteiger partial charge < -0.3 is 15.0 Å². The van der Waals surface area contributed by atoms with Crippen LogP contribution >= 0.6 is 0 Å². The van der Waals surface area contributed by atoms with Crippen molar-refractivity contribution in [2.24, 2.45) is 4.99 Å². The summed E-state index contributed by atoms with van der Waals surface area (Å²) < 4.78 is 49.9. The number of nitrogens with zero attached hydrogens (tertiary/aromatic N) is 3. The molecule has 4 nitrogen and oxygen atoms in total. The van der Waals surface area contributed by atoms with Crippen LogP contribution in [0.25, 0.3) is 5.32 Å². The first-order valence-electron chi connectivity index (χ1n) is 9.77. The monoisotopic (exact) mass is 405 g/mol. The molecule has 156 valence electrons. The van der Waals surface area contributed by atoms with E-state index in [1.165, 1.54) is 37.4 Å². The van der Waals surface area contributed by atoms with Gasteiger partial charge in [0.05, 0.1) is 26.7 Å². The molecular formula is C22H26F3N3O. The second-order valence-electron chi connectivity index (χ2n) is 7.07. The molecule has 0 amide bonds. The first-order chi connectivity index (χ1) is 13.8. The van der Waals surface area contributed by atoms with E-state index in [4.69, 9.17) is 4.74 Å². The van der Waals surface area contributed by atoms with Gasteiger partial charge in [0.1, 0.15) is 17.2 Å². The number of fused-ring (bicyclic) bond motifs is 1. The smallest absolute Gasteiger partial charge is 0.402 e. The fourth-order valence-electron chi connectivity index (χ4n) is 3.96. The summed E-state index contributed by atoms with van der Waals surface area (Å²) in [5.74, 6) is 0.703. The Labute approximate surface area is 169 Å². The van der Waals surface area contributed by atoms with Crippen molar-refractivity contribution in [3.63, 3.8) is 0 Å². The summed E-state index contributed by atoms with van der Waals surface area (Å²) in [4.78, 5) is 4.60. The number of hydrogen-bond donors (Lipinski definition) is 0. The lowest BCUT2D eigenvalue weighted by Gasteiger charge is -2.52. The minimum Gasteiger partial charge on any atom is -0.497 e. The molecule has 0 saturated carbocycles. The lowest BCUT2D eigenvalue weighted by molar-refractivity contribution is -0.835. The van der Waals surface area contributed by atoms with Crippen LogP contribution in [0.15, 0.2) is 53.5 Å². The third kappa shape index (κ3) is 3.27. The van der Waals surface area contributed by atoms with Gasteiger partial charge in [-0.3, -0.25) is 4.48 Å². The molecule has 1 unspecified atom stereocenters. The quantitative estimate of drug-likeness (QED) is 0.583. The Hall–Kier alpha value is -2.54. The molecule has 3 rings (SSSR count). The van der Waals surface area contributed by atoms with Crippen molar-refractivity contribution in [1.82, 2.24) is 0 Å². The third-order valence-electron chi connectivity index (χ3n) is 5.94. The Morgan fingerprint density at radius 1 is 0.966 bits per heavy atom. The Morgan fingerprint density at radius 2 is 1.55 bits per heavy atom. The van der Waals surface area contributed by atoms with E-state index in [9.17, 15) is 13.2 Å². The molecule has 0 fully saturated rings. The van der Waals surface area contributed by atoms with E-state index in [1.54, 1.807) is 18.2 Å². The zero-order valence-corrected chi connectivity index (χ0v) is 17.1. The van der Waals surface area contributed by atoms with Crippen LogP contribution in [0.4, 0.5) is 18.9 Å². The van der Waals surface area contributed by atoms with Gasteiger partial charge in [-0.2, -0.15) is 13.2 Å². The number of ether oxygens (including phenoxy) is 1. The largest absolute Gasteiger partial charge is 0.497 e. The zero-order chi connectivity index (χ0) is 21.3. The zero-order valence-electron chi connectivity index (χ0n) is 17.1. The Kier molecular flexibility index (Phi) is 5.63. The van der Waals surface area contributed by atoms with Crippen LogP contribution in [-0.2, 0) is 5.54 Å².